The SMILES string of the molecule is CC(Cl)C(=O)c1cc(C(O)C(=O)O)ccc1C(F)F. The van der Waals surface area contributed by atoms with E-state index in [-0.39, 0.29) is 11.1 Å². The molecule has 0 saturated carbocycles. The van der Waals surface area contributed by atoms with Gasteiger partial charge in [-0.15, -0.1) is 11.6 Å². The third-order valence-electron chi connectivity index (χ3n) is 2.49. The minimum Gasteiger partial charge on any atom is -0.479 e. The lowest BCUT2D eigenvalue weighted by atomic mass is 9.97. The van der Waals surface area contributed by atoms with Gasteiger partial charge in [-0.2, -0.15) is 0 Å². The number of alkyl halides is 3. The molecule has 0 saturated heterocycles. The van der Waals surface area contributed by atoms with Gasteiger partial charge in [-0.25, -0.2) is 13.6 Å². The fourth-order valence-electron chi connectivity index (χ4n) is 1.50. The van der Waals surface area contributed by atoms with Gasteiger partial charge in [0.15, 0.2) is 11.9 Å². The Labute approximate surface area is 112 Å². The number of carbonyl (C=O) groups is 2. The van der Waals surface area contributed by atoms with E-state index in [0.29, 0.717) is 0 Å². The molecule has 2 unspecified atom stereocenters. The van der Waals surface area contributed by atoms with Crippen LogP contribution in [0.15, 0.2) is 18.2 Å². The van der Waals surface area contributed by atoms with E-state index in [1.807, 2.05) is 0 Å². The fraction of sp³-hybridized carbons (Fsp3) is 0.333. The lowest BCUT2D eigenvalue weighted by molar-refractivity contribution is -0.146. The number of carboxylic acids is 1. The first-order valence-corrected chi connectivity index (χ1v) is 5.70. The molecule has 0 amide bonds. The van der Waals surface area contributed by atoms with E-state index >= 15 is 0 Å². The maximum absolute atomic E-state index is 12.8. The van der Waals surface area contributed by atoms with Crippen LogP contribution in [0.5, 0.6) is 0 Å². The van der Waals surface area contributed by atoms with Crippen molar-refractivity contribution in [2.75, 3.05) is 0 Å². The second-order valence-corrected chi connectivity index (χ2v) is 4.52. The van der Waals surface area contributed by atoms with Gasteiger partial charge in [-0.05, 0) is 18.6 Å². The number of hydrogen-bond donors (Lipinski definition) is 2. The van der Waals surface area contributed by atoms with Gasteiger partial charge in [0, 0.05) is 11.1 Å². The number of Topliss-reactive ketones (excluding diaryl/α,β-unsaturated/α-hetero) is 1. The highest BCUT2D eigenvalue weighted by molar-refractivity contribution is 6.33. The Morgan fingerprint density at radius 2 is 1.89 bits per heavy atom. The lowest BCUT2D eigenvalue weighted by Crippen LogP contribution is -2.16. The molecule has 7 heteroatoms. The standard InChI is InChI=1S/C12H11ClF2O4/c1-5(13)9(16)8-4-6(10(17)12(18)19)2-3-7(8)11(14)15/h2-5,10-11,17H,1H3,(H,18,19). The Hall–Kier alpha value is -1.53. The molecule has 0 radical (unpaired) electrons. The Balaban J connectivity index is 3.34. The Kier molecular flexibility index (Phi) is 4.97. The molecule has 0 heterocycles. The molecule has 0 spiro atoms. The van der Waals surface area contributed by atoms with Crippen LogP contribution >= 0.6 is 11.6 Å². The summed E-state index contributed by atoms with van der Waals surface area (Å²) >= 11 is 5.56. The summed E-state index contributed by atoms with van der Waals surface area (Å²) in [7, 11) is 0. The zero-order chi connectivity index (χ0) is 14.7. The van der Waals surface area contributed by atoms with Gasteiger partial charge in [0.2, 0.25) is 0 Å². The predicted octanol–water partition coefficient (Wildman–Crippen LogP) is 2.55. The number of rotatable bonds is 5. The van der Waals surface area contributed by atoms with Gasteiger partial charge < -0.3 is 10.2 Å². The van der Waals surface area contributed by atoms with Crippen molar-refractivity contribution in [3.8, 4) is 0 Å². The molecule has 0 aliphatic carbocycles. The number of aliphatic carboxylic acids is 1. The molecule has 2 N–H and O–H groups in total. The van der Waals surface area contributed by atoms with Crippen LogP contribution in [0.1, 0.15) is 40.9 Å². The number of halogens is 3. The third-order valence-corrected chi connectivity index (χ3v) is 2.69. The van der Waals surface area contributed by atoms with Crippen molar-refractivity contribution < 1.29 is 28.6 Å². The van der Waals surface area contributed by atoms with E-state index in [0.717, 1.165) is 18.2 Å². The smallest absolute Gasteiger partial charge is 0.337 e. The van der Waals surface area contributed by atoms with Crippen molar-refractivity contribution in [3.63, 3.8) is 0 Å². The summed E-state index contributed by atoms with van der Waals surface area (Å²) in [5.41, 5.74) is -1.08. The zero-order valence-corrected chi connectivity index (χ0v) is 10.6. The molecule has 0 bridgehead atoms. The van der Waals surface area contributed by atoms with Crippen LogP contribution < -0.4 is 0 Å². The van der Waals surface area contributed by atoms with Crippen molar-refractivity contribution in [2.24, 2.45) is 0 Å². The second-order valence-electron chi connectivity index (χ2n) is 3.87. The minimum atomic E-state index is -2.90. The highest BCUT2D eigenvalue weighted by Crippen LogP contribution is 2.27. The van der Waals surface area contributed by atoms with Crippen molar-refractivity contribution >= 4 is 23.4 Å². The summed E-state index contributed by atoms with van der Waals surface area (Å²) in [4.78, 5) is 22.3. The Bertz CT molecular complexity index is 503. The molecule has 0 fully saturated rings. The summed E-state index contributed by atoms with van der Waals surface area (Å²) in [6.07, 6.45) is -4.78. The van der Waals surface area contributed by atoms with Crippen LogP contribution in [0.25, 0.3) is 0 Å². The number of carbonyl (C=O) groups excluding carboxylic acids is 1. The number of ketones is 1. The maximum Gasteiger partial charge on any atom is 0.337 e. The van der Waals surface area contributed by atoms with E-state index < -0.39 is 35.2 Å². The minimum absolute atomic E-state index is 0.155. The topological polar surface area (TPSA) is 74.6 Å². The number of hydrogen-bond acceptors (Lipinski definition) is 3. The first-order chi connectivity index (χ1) is 8.75. The summed E-state index contributed by atoms with van der Waals surface area (Å²) in [5.74, 6) is -2.29. The van der Waals surface area contributed by atoms with Gasteiger partial charge in [0.05, 0.1) is 5.38 Å². The molecule has 0 aromatic heterocycles. The summed E-state index contributed by atoms with van der Waals surface area (Å²) in [5, 5.41) is 17.0. The van der Waals surface area contributed by atoms with Gasteiger partial charge in [0.25, 0.3) is 6.43 Å². The van der Waals surface area contributed by atoms with Gasteiger partial charge >= 0.3 is 5.97 Å². The van der Waals surface area contributed by atoms with Crippen molar-refractivity contribution in [1.82, 2.24) is 0 Å². The van der Waals surface area contributed by atoms with Crippen LogP contribution in [-0.4, -0.2) is 27.3 Å². The number of benzene rings is 1. The largest absolute Gasteiger partial charge is 0.479 e. The van der Waals surface area contributed by atoms with E-state index in [1.54, 1.807) is 0 Å². The second kappa shape index (κ2) is 6.08. The molecular weight excluding hydrogens is 282 g/mol. The van der Waals surface area contributed by atoms with Crippen LogP contribution in [0, 0.1) is 0 Å². The summed E-state index contributed by atoms with van der Waals surface area (Å²) < 4.78 is 25.5. The molecular formula is C12H11ClF2O4. The molecule has 1 aromatic rings. The normalized spacial score (nSPS) is 14.2. The first-order valence-electron chi connectivity index (χ1n) is 5.26. The molecule has 1 aromatic carbocycles. The van der Waals surface area contributed by atoms with E-state index in [4.69, 9.17) is 16.7 Å². The maximum atomic E-state index is 12.8. The van der Waals surface area contributed by atoms with E-state index in [2.05, 4.69) is 0 Å². The van der Waals surface area contributed by atoms with Gasteiger partial charge in [-0.3, -0.25) is 4.79 Å². The van der Waals surface area contributed by atoms with Crippen LogP contribution in [-0.2, 0) is 4.79 Å². The zero-order valence-electron chi connectivity index (χ0n) is 9.81. The Morgan fingerprint density at radius 3 is 2.32 bits per heavy atom. The molecule has 0 aliphatic rings. The lowest BCUT2D eigenvalue weighted by Gasteiger charge is -2.13. The number of aliphatic hydroxyl groups excluding tert-OH is 1. The molecule has 4 nitrogen and oxygen atoms in total. The van der Waals surface area contributed by atoms with Crippen LogP contribution in [0.3, 0.4) is 0 Å². The third kappa shape index (κ3) is 3.48. The van der Waals surface area contributed by atoms with E-state index in [1.165, 1.54) is 6.92 Å². The van der Waals surface area contributed by atoms with Crippen molar-refractivity contribution in [1.29, 1.82) is 0 Å². The highest BCUT2D eigenvalue weighted by Gasteiger charge is 2.24. The number of aliphatic hydroxyl groups is 1. The molecule has 2 atom stereocenters. The quantitative estimate of drug-likeness (QED) is 0.646. The van der Waals surface area contributed by atoms with Crippen LogP contribution in [0.4, 0.5) is 8.78 Å². The average Bonchev–Trinajstić information content (AvgIpc) is 2.35. The molecule has 0 aliphatic heterocycles. The Morgan fingerprint density at radius 1 is 1.32 bits per heavy atom. The van der Waals surface area contributed by atoms with Gasteiger partial charge in [0.1, 0.15) is 0 Å². The molecule has 104 valence electrons. The van der Waals surface area contributed by atoms with E-state index in [9.17, 15) is 23.5 Å². The van der Waals surface area contributed by atoms with Crippen molar-refractivity contribution in [2.45, 2.75) is 24.8 Å². The molecule has 19 heavy (non-hydrogen) atoms. The summed E-state index contributed by atoms with van der Waals surface area (Å²) in [6, 6.07) is 2.89. The predicted molar refractivity (Wildman–Crippen MR) is 63.6 cm³/mol. The van der Waals surface area contributed by atoms with Crippen LogP contribution in [0.2, 0.25) is 0 Å². The summed E-state index contributed by atoms with van der Waals surface area (Å²) in [6.45, 7) is 1.32. The van der Waals surface area contributed by atoms with Gasteiger partial charge in [-0.1, -0.05) is 12.1 Å². The average molecular weight is 293 g/mol. The highest BCUT2D eigenvalue weighted by atomic mass is 35.5. The first kappa shape index (κ1) is 15.5. The fourth-order valence-corrected chi connectivity index (χ4v) is 1.62. The van der Waals surface area contributed by atoms with Crippen molar-refractivity contribution in [3.05, 3.63) is 34.9 Å². The number of carboxylic acid groups (broad SMARTS) is 1. The monoisotopic (exact) mass is 292 g/mol. The molecule has 1 rings (SSSR count).